The lowest BCUT2D eigenvalue weighted by Gasteiger charge is -2.40. The monoisotopic (exact) mass is 255 g/mol. The molecule has 1 aromatic rings. The van der Waals surface area contributed by atoms with Crippen molar-refractivity contribution in [1.29, 1.82) is 0 Å². The summed E-state index contributed by atoms with van der Waals surface area (Å²) < 4.78 is 9.84. The first-order valence-corrected chi connectivity index (χ1v) is 7.25. The van der Waals surface area contributed by atoms with Gasteiger partial charge in [0.15, 0.2) is 0 Å². The fraction of sp³-hybridized carbons (Fsp3) is 0.833. The third-order valence-corrected chi connectivity index (χ3v) is 4.31. The number of nitrogens with zero attached hydrogens (tertiary/aromatic N) is 2. The molecule has 1 fully saturated rings. The van der Waals surface area contributed by atoms with Gasteiger partial charge in [0, 0.05) is 24.6 Å². The van der Waals surface area contributed by atoms with Crippen molar-refractivity contribution >= 4 is 11.5 Å². The number of nitrogens with one attached hydrogen (secondary N) is 1. The first-order chi connectivity index (χ1) is 8.28. The number of hydrogen-bond donors (Lipinski definition) is 1. The van der Waals surface area contributed by atoms with Crippen LogP contribution >= 0.6 is 11.5 Å². The van der Waals surface area contributed by atoms with Crippen LogP contribution in [-0.2, 0) is 11.3 Å². The van der Waals surface area contributed by atoms with Crippen molar-refractivity contribution in [3.05, 3.63) is 11.1 Å². The Balaban J connectivity index is 1.85. The van der Waals surface area contributed by atoms with Crippen molar-refractivity contribution in [3.63, 3.8) is 0 Å². The summed E-state index contributed by atoms with van der Waals surface area (Å²) in [6, 6.07) is 0.547. The molecule has 1 N–H and O–H groups in total. The predicted molar refractivity (Wildman–Crippen MR) is 69.0 cm³/mol. The molecule has 0 bridgehead atoms. The van der Waals surface area contributed by atoms with Crippen LogP contribution < -0.4 is 5.32 Å². The van der Waals surface area contributed by atoms with Crippen LogP contribution in [0.1, 0.15) is 45.2 Å². The second-order valence-corrected chi connectivity index (χ2v) is 5.32. The molecule has 0 aromatic carbocycles. The Morgan fingerprint density at radius 3 is 3.00 bits per heavy atom. The number of aromatic nitrogens is 2. The second-order valence-electron chi connectivity index (χ2n) is 4.71. The Hall–Kier alpha value is -0.520. The van der Waals surface area contributed by atoms with E-state index in [1.165, 1.54) is 11.5 Å². The van der Waals surface area contributed by atoms with Crippen LogP contribution in [0, 0.1) is 0 Å². The van der Waals surface area contributed by atoms with Crippen molar-refractivity contribution in [2.24, 2.45) is 0 Å². The highest BCUT2D eigenvalue weighted by molar-refractivity contribution is 7.03. The Morgan fingerprint density at radius 2 is 2.35 bits per heavy atom. The highest BCUT2D eigenvalue weighted by Gasteiger charge is 2.34. The molecular weight excluding hydrogens is 234 g/mol. The maximum Gasteiger partial charge on any atom is 0.0893 e. The third-order valence-electron chi connectivity index (χ3n) is 3.76. The summed E-state index contributed by atoms with van der Waals surface area (Å²) in [6.07, 6.45) is 4.40. The zero-order valence-corrected chi connectivity index (χ0v) is 11.4. The minimum Gasteiger partial charge on any atom is -0.375 e. The van der Waals surface area contributed by atoms with Gasteiger partial charge in [-0.1, -0.05) is 18.3 Å². The molecule has 1 aliphatic heterocycles. The van der Waals surface area contributed by atoms with Gasteiger partial charge in [0.1, 0.15) is 0 Å². The minimum atomic E-state index is 0.0935. The summed E-state index contributed by atoms with van der Waals surface area (Å²) in [5.74, 6) is 0. The van der Waals surface area contributed by atoms with Gasteiger partial charge in [-0.25, -0.2) is 0 Å². The standard InChI is InChI=1S/C12H21N3OS/c1-3-12(4-2)7-10(5-6-16-12)13-8-11-9-17-15-14-11/h9-10,13H,3-8H2,1-2H3. The summed E-state index contributed by atoms with van der Waals surface area (Å²) in [5.41, 5.74) is 1.14. The fourth-order valence-corrected chi connectivity index (χ4v) is 2.91. The van der Waals surface area contributed by atoms with Gasteiger partial charge < -0.3 is 10.1 Å². The topological polar surface area (TPSA) is 47.0 Å². The molecule has 1 aromatic heterocycles. The van der Waals surface area contributed by atoms with E-state index in [-0.39, 0.29) is 5.60 Å². The van der Waals surface area contributed by atoms with Gasteiger partial charge in [-0.15, -0.1) is 5.10 Å². The van der Waals surface area contributed by atoms with E-state index in [0.29, 0.717) is 6.04 Å². The molecule has 0 radical (unpaired) electrons. The molecule has 1 saturated heterocycles. The first kappa shape index (κ1) is 12.9. The fourth-order valence-electron chi connectivity index (χ4n) is 2.45. The van der Waals surface area contributed by atoms with Crippen molar-refractivity contribution < 1.29 is 4.74 Å². The molecule has 0 amide bonds. The first-order valence-electron chi connectivity index (χ1n) is 6.41. The van der Waals surface area contributed by atoms with Gasteiger partial charge in [0.2, 0.25) is 0 Å². The van der Waals surface area contributed by atoms with Crippen molar-refractivity contribution in [2.75, 3.05) is 6.61 Å². The molecule has 0 spiro atoms. The van der Waals surface area contributed by atoms with E-state index < -0.39 is 0 Å². The molecule has 4 nitrogen and oxygen atoms in total. The molecule has 1 aliphatic rings. The normalized spacial score (nSPS) is 23.8. The van der Waals surface area contributed by atoms with Crippen LogP contribution in [0.3, 0.4) is 0 Å². The van der Waals surface area contributed by atoms with Crippen LogP contribution in [0.2, 0.25) is 0 Å². The van der Waals surface area contributed by atoms with E-state index in [0.717, 1.165) is 44.5 Å². The largest absolute Gasteiger partial charge is 0.375 e. The quantitative estimate of drug-likeness (QED) is 0.877. The van der Waals surface area contributed by atoms with E-state index in [4.69, 9.17) is 4.74 Å². The molecule has 96 valence electrons. The molecular formula is C12H21N3OS. The van der Waals surface area contributed by atoms with Crippen LogP contribution in [0.4, 0.5) is 0 Å². The van der Waals surface area contributed by atoms with E-state index in [1.807, 2.05) is 5.38 Å². The SMILES string of the molecule is CCC1(CC)CC(NCc2csnn2)CCO1. The number of hydrogen-bond acceptors (Lipinski definition) is 5. The Morgan fingerprint density at radius 1 is 1.53 bits per heavy atom. The van der Waals surface area contributed by atoms with Gasteiger partial charge in [0.05, 0.1) is 11.3 Å². The molecule has 0 saturated carbocycles. The molecule has 1 atom stereocenters. The lowest BCUT2D eigenvalue weighted by Crippen LogP contribution is -2.46. The Kier molecular flexibility index (Phi) is 4.48. The zero-order chi connectivity index (χ0) is 12.1. The Labute approximate surface area is 107 Å². The van der Waals surface area contributed by atoms with Gasteiger partial charge in [-0.05, 0) is 37.2 Å². The van der Waals surface area contributed by atoms with Gasteiger partial charge in [-0.3, -0.25) is 0 Å². The van der Waals surface area contributed by atoms with Gasteiger partial charge in [-0.2, -0.15) is 0 Å². The predicted octanol–water partition coefficient (Wildman–Crippen LogP) is 2.37. The summed E-state index contributed by atoms with van der Waals surface area (Å²) >= 11 is 1.41. The van der Waals surface area contributed by atoms with Crippen molar-refractivity contribution in [2.45, 2.75) is 57.7 Å². The van der Waals surface area contributed by atoms with Crippen LogP contribution in [0.25, 0.3) is 0 Å². The summed E-state index contributed by atoms with van der Waals surface area (Å²) in [6.45, 7) is 6.13. The highest BCUT2D eigenvalue weighted by Crippen LogP contribution is 2.31. The lowest BCUT2D eigenvalue weighted by molar-refractivity contribution is -0.0932. The summed E-state index contributed by atoms with van der Waals surface area (Å²) in [4.78, 5) is 0. The molecule has 2 rings (SSSR count). The highest BCUT2D eigenvalue weighted by atomic mass is 32.1. The third kappa shape index (κ3) is 3.24. The summed E-state index contributed by atoms with van der Waals surface area (Å²) in [7, 11) is 0. The maximum absolute atomic E-state index is 5.97. The second kappa shape index (κ2) is 5.89. The van der Waals surface area contributed by atoms with Crippen LogP contribution in [-0.4, -0.2) is 27.8 Å². The van der Waals surface area contributed by atoms with Gasteiger partial charge in [0.25, 0.3) is 0 Å². The zero-order valence-electron chi connectivity index (χ0n) is 10.6. The van der Waals surface area contributed by atoms with E-state index in [9.17, 15) is 0 Å². The summed E-state index contributed by atoms with van der Waals surface area (Å²) in [5, 5.41) is 9.62. The van der Waals surface area contributed by atoms with Crippen molar-refractivity contribution in [1.82, 2.24) is 14.9 Å². The average molecular weight is 255 g/mol. The minimum absolute atomic E-state index is 0.0935. The molecule has 5 heteroatoms. The molecule has 17 heavy (non-hydrogen) atoms. The van der Waals surface area contributed by atoms with E-state index in [1.54, 1.807) is 0 Å². The molecule has 1 unspecified atom stereocenters. The van der Waals surface area contributed by atoms with Crippen LogP contribution in [0.5, 0.6) is 0 Å². The molecule has 2 heterocycles. The number of rotatable bonds is 5. The van der Waals surface area contributed by atoms with Gasteiger partial charge >= 0.3 is 0 Å². The average Bonchev–Trinajstić information content (AvgIpc) is 2.90. The molecule has 0 aliphatic carbocycles. The lowest BCUT2D eigenvalue weighted by atomic mass is 9.86. The van der Waals surface area contributed by atoms with Crippen molar-refractivity contribution in [3.8, 4) is 0 Å². The number of ether oxygens (including phenoxy) is 1. The smallest absolute Gasteiger partial charge is 0.0893 e. The van der Waals surface area contributed by atoms with E-state index >= 15 is 0 Å². The van der Waals surface area contributed by atoms with E-state index in [2.05, 4.69) is 28.8 Å². The maximum atomic E-state index is 5.97. The van der Waals surface area contributed by atoms with Crippen LogP contribution in [0.15, 0.2) is 5.38 Å². The Bertz CT molecular complexity index is 325.